The van der Waals surface area contributed by atoms with Crippen molar-refractivity contribution in [1.82, 2.24) is 15.5 Å². The lowest BCUT2D eigenvalue weighted by Crippen LogP contribution is -2.43. The number of amides is 3. The molecule has 2 N–H and O–H groups in total. The Hall–Kier alpha value is -2.24. The van der Waals surface area contributed by atoms with Gasteiger partial charge in [-0.3, -0.25) is 4.79 Å². The van der Waals surface area contributed by atoms with E-state index in [0.29, 0.717) is 19.1 Å². The van der Waals surface area contributed by atoms with Gasteiger partial charge in [-0.15, -0.1) is 0 Å². The minimum Gasteiger partial charge on any atom is -0.497 e. The Morgan fingerprint density at radius 1 is 1.24 bits per heavy atom. The average Bonchev–Trinajstić information content (AvgIpc) is 3.05. The maximum Gasteiger partial charge on any atom is 0.318 e. The second kappa shape index (κ2) is 8.23. The van der Waals surface area contributed by atoms with Crippen LogP contribution in [0.25, 0.3) is 0 Å². The molecule has 0 aromatic heterocycles. The van der Waals surface area contributed by atoms with Crippen LogP contribution in [0, 0.1) is 0 Å². The third kappa shape index (κ3) is 4.44. The molecule has 6 heteroatoms. The van der Waals surface area contributed by atoms with Crippen LogP contribution in [0.5, 0.6) is 5.75 Å². The summed E-state index contributed by atoms with van der Waals surface area (Å²) in [5, 5.41) is 5.76. The number of methoxy groups -OCH3 is 1. The van der Waals surface area contributed by atoms with Gasteiger partial charge >= 0.3 is 6.03 Å². The van der Waals surface area contributed by atoms with Crippen molar-refractivity contribution in [3.63, 3.8) is 0 Å². The highest BCUT2D eigenvalue weighted by molar-refractivity contribution is 5.90. The molecular formula is C19H27N3O3. The van der Waals surface area contributed by atoms with E-state index in [9.17, 15) is 9.59 Å². The summed E-state index contributed by atoms with van der Waals surface area (Å²) < 4.78 is 5.13. The number of hydrogen-bond acceptors (Lipinski definition) is 3. The van der Waals surface area contributed by atoms with E-state index in [-0.39, 0.29) is 11.9 Å². The first-order chi connectivity index (χ1) is 12.2. The molecule has 3 rings (SSSR count). The molecule has 0 bridgehead atoms. The van der Waals surface area contributed by atoms with Gasteiger partial charge < -0.3 is 20.3 Å². The number of ether oxygens (including phenoxy) is 1. The van der Waals surface area contributed by atoms with Gasteiger partial charge in [0, 0.05) is 12.6 Å². The van der Waals surface area contributed by atoms with Gasteiger partial charge in [0.15, 0.2) is 0 Å². The zero-order chi connectivity index (χ0) is 17.6. The SMILES string of the molecule is COc1ccc(CCNC(=O)C2CN(C3CCCCC3)C(=O)N2)cc1. The van der Waals surface area contributed by atoms with Crippen molar-refractivity contribution in [3.8, 4) is 5.75 Å². The predicted octanol–water partition coefficient (Wildman–Crippen LogP) is 2.08. The molecule has 1 aliphatic carbocycles. The van der Waals surface area contributed by atoms with Gasteiger partial charge in [-0.05, 0) is 37.0 Å². The summed E-state index contributed by atoms with van der Waals surface area (Å²) in [6.45, 7) is 1.04. The molecule has 136 valence electrons. The monoisotopic (exact) mass is 345 g/mol. The van der Waals surface area contributed by atoms with Crippen LogP contribution in [0.1, 0.15) is 37.7 Å². The van der Waals surface area contributed by atoms with E-state index >= 15 is 0 Å². The summed E-state index contributed by atoms with van der Waals surface area (Å²) in [6, 6.07) is 7.57. The highest BCUT2D eigenvalue weighted by atomic mass is 16.5. The fraction of sp³-hybridized carbons (Fsp3) is 0.579. The molecule has 1 heterocycles. The molecule has 0 radical (unpaired) electrons. The number of urea groups is 1. The van der Waals surface area contributed by atoms with Crippen molar-refractivity contribution >= 4 is 11.9 Å². The Balaban J connectivity index is 1.44. The topological polar surface area (TPSA) is 70.7 Å². The molecule has 3 amide bonds. The molecule has 1 aromatic carbocycles. The second-order valence-electron chi connectivity index (χ2n) is 6.84. The maximum atomic E-state index is 12.3. The molecule has 1 atom stereocenters. The summed E-state index contributed by atoms with van der Waals surface area (Å²) >= 11 is 0. The summed E-state index contributed by atoms with van der Waals surface area (Å²) in [7, 11) is 1.64. The molecule has 0 spiro atoms. The van der Waals surface area contributed by atoms with Crippen LogP contribution in [0.3, 0.4) is 0 Å². The number of rotatable bonds is 6. The summed E-state index contributed by atoms with van der Waals surface area (Å²) in [6.07, 6.45) is 6.46. The van der Waals surface area contributed by atoms with Gasteiger partial charge in [0.2, 0.25) is 5.91 Å². The van der Waals surface area contributed by atoms with Crippen molar-refractivity contribution in [1.29, 1.82) is 0 Å². The second-order valence-corrected chi connectivity index (χ2v) is 6.84. The van der Waals surface area contributed by atoms with Gasteiger partial charge in [0.25, 0.3) is 0 Å². The average molecular weight is 345 g/mol. The number of nitrogens with zero attached hydrogens (tertiary/aromatic N) is 1. The molecular weight excluding hydrogens is 318 g/mol. The Morgan fingerprint density at radius 3 is 2.64 bits per heavy atom. The molecule has 6 nitrogen and oxygen atoms in total. The van der Waals surface area contributed by atoms with Crippen LogP contribution in [0.4, 0.5) is 4.79 Å². The fourth-order valence-electron chi connectivity index (χ4n) is 3.66. The number of benzene rings is 1. The minimum atomic E-state index is -0.440. The van der Waals surface area contributed by atoms with Crippen molar-refractivity contribution in [2.75, 3.05) is 20.2 Å². The molecule has 1 saturated carbocycles. The summed E-state index contributed by atoms with van der Waals surface area (Å²) in [5.41, 5.74) is 1.14. The minimum absolute atomic E-state index is 0.0952. The first kappa shape index (κ1) is 17.6. The van der Waals surface area contributed by atoms with Crippen LogP contribution in [-0.2, 0) is 11.2 Å². The smallest absolute Gasteiger partial charge is 0.318 e. The third-order valence-corrected chi connectivity index (χ3v) is 5.14. The Morgan fingerprint density at radius 2 is 1.96 bits per heavy atom. The Bertz CT molecular complexity index is 596. The van der Waals surface area contributed by atoms with Crippen LogP contribution < -0.4 is 15.4 Å². The lowest BCUT2D eigenvalue weighted by atomic mass is 9.94. The molecule has 2 fully saturated rings. The quantitative estimate of drug-likeness (QED) is 0.829. The lowest BCUT2D eigenvalue weighted by Gasteiger charge is -2.30. The molecule has 2 aliphatic rings. The largest absolute Gasteiger partial charge is 0.497 e. The van der Waals surface area contributed by atoms with Gasteiger partial charge in [-0.1, -0.05) is 31.4 Å². The first-order valence-electron chi connectivity index (χ1n) is 9.15. The normalized spacial score (nSPS) is 21.1. The number of hydrogen-bond donors (Lipinski definition) is 2. The Labute approximate surface area is 148 Å². The lowest BCUT2D eigenvalue weighted by molar-refractivity contribution is -0.122. The van der Waals surface area contributed by atoms with Crippen molar-refractivity contribution in [3.05, 3.63) is 29.8 Å². The molecule has 1 unspecified atom stereocenters. The molecule has 1 saturated heterocycles. The van der Waals surface area contributed by atoms with E-state index in [4.69, 9.17) is 4.74 Å². The standard InChI is InChI=1S/C19H27N3O3/c1-25-16-9-7-14(8-10-16)11-12-20-18(23)17-13-22(19(24)21-17)15-5-3-2-4-6-15/h7-10,15,17H,2-6,11-13H2,1H3,(H,20,23)(H,21,24). The zero-order valence-corrected chi connectivity index (χ0v) is 14.8. The van der Waals surface area contributed by atoms with E-state index in [1.807, 2.05) is 29.2 Å². The summed E-state index contributed by atoms with van der Waals surface area (Å²) in [5.74, 6) is 0.726. The van der Waals surface area contributed by atoms with E-state index in [1.165, 1.54) is 19.3 Å². The van der Waals surface area contributed by atoms with Gasteiger partial charge in [0.05, 0.1) is 13.7 Å². The van der Waals surface area contributed by atoms with E-state index in [0.717, 1.165) is 30.6 Å². The highest BCUT2D eigenvalue weighted by Gasteiger charge is 2.37. The molecule has 25 heavy (non-hydrogen) atoms. The number of carbonyl (C=O) groups excluding carboxylic acids is 2. The number of nitrogens with one attached hydrogen (secondary N) is 2. The zero-order valence-electron chi connectivity index (χ0n) is 14.8. The third-order valence-electron chi connectivity index (χ3n) is 5.14. The van der Waals surface area contributed by atoms with Crippen molar-refractivity contribution in [2.24, 2.45) is 0 Å². The van der Waals surface area contributed by atoms with Gasteiger partial charge in [-0.2, -0.15) is 0 Å². The van der Waals surface area contributed by atoms with Crippen LogP contribution in [0.15, 0.2) is 24.3 Å². The Kier molecular flexibility index (Phi) is 5.79. The van der Waals surface area contributed by atoms with Crippen LogP contribution in [0.2, 0.25) is 0 Å². The van der Waals surface area contributed by atoms with Crippen LogP contribution >= 0.6 is 0 Å². The van der Waals surface area contributed by atoms with E-state index in [1.54, 1.807) is 7.11 Å². The van der Waals surface area contributed by atoms with E-state index in [2.05, 4.69) is 10.6 Å². The highest BCUT2D eigenvalue weighted by Crippen LogP contribution is 2.24. The van der Waals surface area contributed by atoms with Crippen molar-refractivity contribution in [2.45, 2.75) is 50.6 Å². The predicted molar refractivity (Wildman–Crippen MR) is 95.6 cm³/mol. The van der Waals surface area contributed by atoms with Crippen LogP contribution in [-0.4, -0.2) is 49.1 Å². The first-order valence-corrected chi connectivity index (χ1v) is 9.15. The number of carbonyl (C=O) groups is 2. The van der Waals surface area contributed by atoms with Gasteiger partial charge in [-0.25, -0.2) is 4.79 Å². The molecule has 1 aromatic rings. The molecule has 1 aliphatic heterocycles. The van der Waals surface area contributed by atoms with E-state index < -0.39 is 6.04 Å². The maximum absolute atomic E-state index is 12.3. The van der Waals surface area contributed by atoms with Gasteiger partial charge in [0.1, 0.15) is 11.8 Å². The fourth-order valence-corrected chi connectivity index (χ4v) is 3.66. The van der Waals surface area contributed by atoms with Crippen molar-refractivity contribution < 1.29 is 14.3 Å². The summed E-state index contributed by atoms with van der Waals surface area (Å²) in [4.78, 5) is 26.4.